The summed E-state index contributed by atoms with van der Waals surface area (Å²) in [5.74, 6) is -0.905. The van der Waals surface area contributed by atoms with Gasteiger partial charge in [0.15, 0.2) is 0 Å². The van der Waals surface area contributed by atoms with Gasteiger partial charge >= 0.3 is 5.97 Å². The van der Waals surface area contributed by atoms with Crippen LogP contribution in [0.1, 0.15) is 41.6 Å². The summed E-state index contributed by atoms with van der Waals surface area (Å²) in [5.41, 5.74) is 1.67. The maximum Gasteiger partial charge on any atom is 0.339 e. The first-order valence-corrected chi connectivity index (χ1v) is 7.53. The molecular formula is C18H21N3O3. The Bertz CT molecular complexity index is 734. The van der Waals surface area contributed by atoms with Gasteiger partial charge in [0.2, 0.25) is 0 Å². The van der Waals surface area contributed by atoms with Crippen LogP contribution in [0.15, 0.2) is 42.6 Å². The molecule has 0 aliphatic heterocycles. The first-order chi connectivity index (χ1) is 11.3. The summed E-state index contributed by atoms with van der Waals surface area (Å²) in [7, 11) is 1.30. The van der Waals surface area contributed by atoms with Crippen LogP contribution in [0.4, 0.5) is 11.4 Å². The highest BCUT2D eigenvalue weighted by Gasteiger charge is 2.15. The number of pyridine rings is 1. The van der Waals surface area contributed by atoms with E-state index in [-0.39, 0.29) is 11.2 Å². The molecule has 24 heavy (non-hydrogen) atoms. The van der Waals surface area contributed by atoms with Gasteiger partial charge in [-0.1, -0.05) is 12.1 Å². The molecule has 0 atom stereocenters. The minimum atomic E-state index is -0.511. The number of anilines is 2. The van der Waals surface area contributed by atoms with Crippen molar-refractivity contribution in [2.75, 3.05) is 17.7 Å². The third kappa shape index (κ3) is 4.55. The van der Waals surface area contributed by atoms with Gasteiger partial charge in [0.1, 0.15) is 5.69 Å². The molecule has 0 aliphatic carbocycles. The first kappa shape index (κ1) is 17.5. The average Bonchev–Trinajstić information content (AvgIpc) is 2.53. The SMILES string of the molecule is COC(=O)c1ccccc1NC(=O)c1ccc(NC(C)(C)C)cn1. The number of nitrogens with one attached hydrogen (secondary N) is 2. The van der Waals surface area contributed by atoms with E-state index < -0.39 is 11.9 Å². The van der Waals surface area contributed by atoms with E-state index in [1.54, 1.807) is 42.6 Å². The number of hydrogen-bond donors (Lipinski definition) is 2. The topological polar surface area (TPSA) is 80.3 Å². The lowest BCUT2D eigenvalue weighted by atomic mass is 10.1. The first-order valence-electron chi connectivity index (χ1n) is 7.53. The number of ether oxygens (including phenoxy) is 1. The van der Waals surface area contributed by atoms with Crippen molar-refractivity contribution in [3.05, 3.63) is 53.9 Å². The number of amides is 1. The average molecular weight is 327 g/mol. The second-order valence-corrected chi connectivity index (χ2v) is 6.30. The molecule has 0 aliphatic rings. The van der Waals surface area contributed by atoms with Gasteiger partial charge in [0.25, 0.3) is 5.91 Å². The number of rotatable bonds is 4. The number of benzene rings is 1. The number of para-hydroxylation sites is 1. The zero-order valence-electron chi connectivity index (χ0n) is 14.2. The molecular weight excluding hydrogens is 306 g/mol. The highest BCUT2D eigenvalue weighted by atomic mass is 16.5. The molecule has 6 nitrogen and oxygen atoms in total. The minimum absolute atomic E-state index is 0.0924. The van der Waals surface area contributed by atoms with Crippen molar-refractivity contribution in [2.45, 2.75) is 26.3 Å². The van der Waals surface area contributed by atoms with Crippen LogP contribution in [0, 0.1) is 0 Å². The molecule has 1 amide bonds. The number of esters is 1. The van der Waals surface area contributed by atoms with Crippen molar-refractivity contribution in [3.63, 3.8) is 0 Å². The minimum Gasteiger partial charge on any atom is -0.465 e. The lowest BCUT2D eigenvalue weighted by Gasteiger charge is -2.21. The van der Waals surface area contributed by atoms with Crippen LogP contribution in [0.2, 0.25) is 0 Å². The smallest absolute Gasteiger partial charge is 0.339 e. The lowest BCUT2D eigenvalue weighted by molar-refractivity contribution is 0.0602. The molecule has 1 aromatic carbocycles. The summed E-state index contributed by atoms with van der Waals surface area (Å²) in [6, 6.07) is 10.1. The van der Waals surface area contributed by atoms with Crippen molar-refractivity contribution in [1.82, 2.24) is 4.98 Å². The maximum atomic E-state index is 12.3. The molecule has 0 spiro atoms. The van der Waals surface area contributed by atoms with Crippen LogP contribution in [0.3, 0.4) is 0 Å². The third-order valence-corrected chi connectivity index (χ3v) is 3.10. The van der Waals surface area contributed by atoms with Gasteiger partial charge in [-0.15, -0.1) is 0 Å². The second kappa shape index (κ2) is 7.12. The van der Waals surface area contributed by atoms with E-state index in [0.29, 0.717) is 11.3 Å². The molecule has 0 saturated carbocycles. The Balaban J connectivity index is 2.15. The zero-order chi connectivity index (χ0) is 17.7. The standard InChI is InChI=1S/C18H21N3O3/c1-18(2,3)21-12-9-10-15(19-11-12)16(22)20-14-8-6-5-7-13(14)17(23)24-4/h5-11,21H,1-4H3,(H,20,22). The Labute approximate surface area is 141 Å². The number of carbonyl (C=O) groups is 2. The molecule has 2 aromatic rings. The van der Waals surface area contributed by atoms with Gasteiger partial charge in [-0.2, -0.15) is 0 Å². The summed E-state index contributed by atoms with van der Waals surface area (Å²) >= 11 is 0. The van der Waals surface area contributed by atoms with E-state index in [9.17, 15) is 9.59 Å². The summed E-state index contributed by atoms with van der Waals surface area (Å²) in [4.78, 5) is 28.2. The molecule has 0 saturated heterocycles. The van der Waals surface area contributed by atoms with Gasteiger partial charge in [-0.25, -0.2) is 9.78 Å². The number of methoxy groups -OCH3 is 1. The van der Waals surface area contributed by atoms with E-state index in [1.165, 1.54) is 7.11 Å². The fourth-order valence-electron chi connectivity index (χ4n) is 2.10. The largest absolute Gasteiger partial charge is 0.465 e. The molecule has 0 radical (unpaired) electrons. The Kier molecular flexibility index (Phi) is 5.18. The molecule has 126 valence electrons. The van der Waals surface area contributed by atoms with E-state index in [1.807, 2.05) is 20.8 Å². The fraction of sp³-hybridized carbons (Fsp3) is 0.278. The predicted molar refractivity (Wildman–Crippen MR) is 93.3 cm³/mol. The molecule has 2 N–H and O–H groups in total. The van der Waals surface area contributed by atoms with Crippen molar-refractivity contribution >= 4 is 23.3 Å². The maximum absolute atomic E-state index is 12.3. The Morgan fingerprint density at radius 3 is 2.38 bits per heavy atom. The second-order valence-electron chi connectivity index (χ2n) is 6.30. The number of aromatic nitrogens is 1. The highest BCUT2D eigenvalue weighted by molar-refractivity contribution is 6.07. The normalized spacial score (nSPS) is 10.8. The van der Waals surface area contributed by atoms with E-state index in [0.717, 1.165) is 5.69 Å². The lowest BCUT2D eigenvalue weighted by Crippen LogP contribution is -2.26. The van der Waals surface area contributed by atoms with Crippen LogP contribution >= 0.6 is 0 Å². The van der Waals surface area contributed by atoms with Crippen LogP contribution in [0.25, 0.3) is 0 Å². The Hall–Kier alpha value is -2.89. The van der Waals surface area contributed by atoms with E-state index in [4.69, 9.17) is 4.74 Å². The number of nitrogens with zero attached hydrogens (tertiary/aromatic N) is 1. The molecule has 2 rings (SSSR count). The van der Waals surface area contributed by atoms with Crippen LogP contribution in [-0.2, 0) is 4.74 Å². The van der Waals surface area contributed by atoms with Crippen molar-refractivity contribution in [2.24, 2.45) is 0 Å². The van der Waals surface area contributed by atoms with Crippen molar-refractivity contribution in [3.8, 4) is 0 Å². The highest BCUT2D eigenvalue weighted by Crippen LogP contribution is 2.18. The molecule has 0 unspecified atom stereocenters. The molecule has 1 aromatic heterocycles. The van der Waals surface area contributed by atoms with E-state index in [2.05, 4.69) is 15.6 Å². The Morgan fingerprint density at radius 1 is 1.08 bits per heavy atom. The van der Waals surface area contributed by atoms with Crippen molar-refractivity contribution in [1.29, 1.82) is 0 Å². The van der Waals surface area contributed by atoms with Crippen molar-refractivity contribution < 1.29 is 14.3 Å². The molecule has 1 heterocycles. The summed E-state index contributed by atoms with van der Waals surface area (Å²) in [6.07, 6.45) is 1.60. The summed E-state index contributed by atoms with van der Waals surface area (Å²) in [5, 5.41) is 5.96. The van der Waals surface area contributed by atoms with Gasteiger partial charge < -0.3 is 15.4 Å². The summed E-state index contributed by atoms with van der Waals surface area (Å²) in [6.45, 7) is 6.12. The third-order valence-electron chi connectivity index (χ3n) is 3.10. The predicted octanol–water partition coefficient (Wildman–Crippen LogP) is 3.33. The van der Waals surface area contributed by atoms with Gasteiger partial charge in [0, 0.05) is 5.54 Å². The monoisotopic (exact) mass is 327 g/mol. The van der Waals surface area contributed by atoms with E-state index >= 15 is 0 Å². The van der Waals surface area contributed by atoms with Gasteiger partial charge in [0.05, 0.1) is 30.2 Å². The number of carbonyl (C=O) groups excluding carboxylic acids is 2. The molecule has 6 heteroatoms. The Morgan fingerprint density at radius 2 is 1.79 bits per heavy atom. The fourth-order valence-corrected chi connectivity index (χ4v) is 2.10. The molecule has 0 fully saturated rings. The van der Waals surface area contributed by atoms with Gasteiger partial charge in [-0.3, -0.25) is 4.79 Å². The summed E-state index contributed by atoms with van der Waals surface area (Å²) < 4.78 is 4.71. The quantitative estimate of drug-likeness (QED) is 0.842. The number of hydrogen-bond acceptors (Lipinski definition) is 5. The van der Waals surface area contributed by atoms with Crippen LogP contribution in [0.5, 0.6) is 0 Å². The van der Waals surface area contributed by atoms with Crippen LogP contribution < -0.4 is 10.6 Å². The van der Waals surface area contributed by atoms with Gasteiger partial charge in [-0.05, 0) is 45.0 Å². The zero-order valence-corrected chi connectivity index (χ0v) is 14.2. The molecule has 0 bridgehead atoms. The van der Waals surface area contributed by atoms with Crippen LogP contribution in [-0.4, -0.2) is 29.5 Å².